The normalized spacial score (nSPS) is 10.0. The Morgan fingerprint density at radius 3 is 2.53 bits per heavy atom. The lowest BCUT2D eigenvalue weighted by atomic mass is 10.2. The van der Waals surface area contributed by atoms with Crippen molar-refractivity contribution in [3.8, 4) is 17.1 Å². The van der Waals surface area contributed by atoms with Crippen LogP contribution < -0.4 is 4.74 Å². The fraction of sp³-hybridized carbons (Fsp3) is 0.167. The minimum absolute atomic E-state index is 0.722. The Morgan fingerprint density at radius 1 is 1.13 bits per heavy atom. The smallest absolute Gasteiger partial charge is 0.159 e. The lowest BCUT2D eigenvalue weighted by Gasteiger charge is -2.03. The molecule has 2 aromatic rings. The molecule has 0 saturated heterocycles. The third kappa shape index (κ3) is 2.13. The van der Waals surface area contributed by atoms with E-state index in [4.69, 9.17) is 4.74 Å². The van der Waals surface area contributed by atoms with Gasteiger partial charge in [0.1, 0.15) is 5.75 Å². The summed E-state index contributed by atoms with van der Waals surface area (Å²) in [5.41, 5.74) is 2.02. The van der Waals surface area contributed by atoms with Crippen molar-refractivity contribution in [3.63, 3.8) is 0 Å². The molecular formula is C12H12N2O. The average molecular weight is 200 g/mol. The van der Waals surface area contributed by atoms with Gasteiger partial charge in [-0.3, -0.25) is 0 Å². The maximum atomic E-state index is 5.14. The second-order valence-electron chi connectivity index (χ2n) is 3.32. The maximum absolute atomic E-state index is 5.14. The summed E-state index contributed by atoms with van der Waals surface area (Å²) in [6, 6.07) is 7.72. The number of rotatable bonds is 2. The van der Waals surface area contributed by atoms with Gasteiger partial charge in [-0.25, -0.2) is 9.97 Å². The molecule has 3 nitrogen and oxygen atoms in total. The van der Waals surface area contributed by atoms with Crippen molar-refractivity contribution in [1.29, 1.82) is 0 Å². The van der Waals surface area contributed by atoms with Crippen LogP contribution in [0.25, 0.3) is 11.4 Å². The fourth-order valence-electron chi connectivity index (χ4n) is 1.30. The standard InChI is InChI=1S/C12H12N2O/c1-9-7-13-12(14-8-9)10-4-3-5-11(6-10)15-2/h3-8H,1-2H3. The van der Waals surface area contributed by atoms with Crippen molar-refractivity contribution in [1.82, 2.24) is 9.97 Å². The van der Waals surface area contributed by atoms with Crippen LogP contribution in [0.4, 0.5) is 0 Å². The first-order chi connectivity index (χ1) is 7.29. The second kappa shape index (κ2) is 4.09. The number of methoxy groups -OCH3 is 1. The van der Waals surface area contributed by atoms with Gasteiger partial charge in [-0.15, -0.1) is 0 Å². The number of benzene rings is 1. The van der Waals surface area contributed by atoms with Gasteiger partial charge in [-0.05, 0) is 24.6 Å². The molecule has 0 radical (unpaired) electrons. The van der Waals surface area contributed by atoms with E-state index < -0.39 is 0 Å². The minimum atomic E-state index is 0.722. The van der Waals surface area contributed by atoms with Gasteiger partial charge in [0.15, 0.2) is 5.82 Å². The van der Waals surface area contributed by atoms with Crippen LogP contribution in [-0.4, -0.2) is 17.1 Å². The molecule has 2 rings (SSSR count). The summed E-state index contributed by atoms with van der Waals surface area (Å²) in [5.74, 6) is 1.54. The molecule has 0 spiro atoms. The van der Waals surface area contributed by atoms with Gasteiger partial charge in [0.2, 0.25) is 0 Å². The molecule has 0 fully saturated rings. The topological polar surface area (TPSA) is 35.0 Å². The number of aryl methyl sites for hydroxylation is 1. The SMILES string of the molecule is COc1cccc(-c2ncc(C)cn2)c1. The molecule has 1 aromatic heterocycles. The summed E-state index contributed by atoms with van der Waals surface area (Å²) >= 11 is 0. The third-order valence-electron chi connectivity index (χ3n) is 2.11. The first-order valence-electron chi connectivity index (χ1n) is 4.72. The van der Waals surface area contributed by atoms with Gasteiger partial charge in [-0.2, -0.15) is 0 Å². The first kappa shape index (κ1) is 9.65. The van der Waals surface area contributed by atoms with Crippen LogP contribution in [0.1, 0.15) is 5.56 Å². The van der Waals surface area contributed by atoms with E-state index in [0.29, 0.717) is 0 Å². The molecule has 76 valence electrons. The number of aromatic nitrogens is 2. The Hall–Kier alpha value is -1.90. The van der Waals surface area contributed by atoms with E-state index in [2.05, 4.69) is 9.97 Å². The minimum Gasteiger partial charge on any atom is -0.497 e. The summed E-state index contributed by atoms with van der Waals surface area (Å²) < 4.78 is 5.14. The van der Waals surface area contributed by atoms with Crippen LogP contribution in [0.5, 0.6) is 5.75 Å². The van der Waals surface area contributed by atoms with Gasteiger partial charge in [0.25, 0.3) is 0 Å². The zero-order valence-electron chi connectivity index (χ0n) is 8.77. The van der Waals surface area contributed by atoms with Crippen LogP contribution in [0.3, 0.4) is 0 Å². The third-order valence-corrected chi connectivity index (χ3v) is 2.11. The van der Waals surface area contributed by atoms with E-state index in [-0.39, 0.29) is 0 Å². The van der Waals surface area contributed by atoms with Crippen molar-refractivity contribution >= 4 is 0 Å². The molecule has 1 aromatic carbocycles. The highest BCUT2D eigenvalue weighted by Crippen LogP contribution is 2.20. The molecule has 0 unspecified atom stereocenters. The van der Waals surface area contributed by atoms with Crippen LogP contribution >= 0.6 is 0 Å². The number of hydrogen-bond acceptors (Lipinski definition) is 3. The molecule has 3 heteroatoms. The van der Waals surface area contributed by atoms with Crippen molar-refractivity contribution in [2.24, 2.45) is 0 Å². The Labute approximate surface area is 88.8 Å². The van der Waals surface area contributed by atoms with Crippen LogP contribution in [0, 0.1) is 6.92 Å². The Kier molecular flexibility index (Phi) is 2.63. The lowest BCUT2D eigenvalue weighted by molar-refractivity contribution is 0.415. The molecule has 0 aliphatic heterocycles. The molecule has 0 atom stereocenters. The van der Waals surface area contributed by atoms with Gasteiger partial charge >= 0.3 is 0 Å². The highest BCUT2D eigenvalue weighted by Gasteiger charge is 2.01. The summed E-state index contributed by atoms with van der Waals surface area (Å²) in [6.45, 7) is 1.97. The summed E-state index contributed by atoms with van der Waals surface area (Å²) in [6.07, 6.45) is 3.61. The Balaban J connectivity index is 2.40. The van der Waals surface area contributed by atoms with Crippen LogP contribution in [0.2, 0.25) is 0 Å². The summed E-state index contributed by atoms with van der Waals surface area (Å²) in [4.78, 5) is 8.51. The predicted molar refractivity (Wildman–Crippen MR) is 58.8 cm³/mol. The lowest BCUT2D eigenvalue weighted by Crippen LogP contribution is -1.90. The maximum Gasteiger partial charge on any atom is 0.159 e. The zero-order chi connectivity index (χ0) is 10.7. The van der Waals surface area contributed by atoms with E-state index in [0.717, 1.165) is 22.7 Å². The van der Waals surface area contributed by atoms with E-state index >= 15 is 0 Å². The highest BCUT2D eigenvalue weighted by molar-refractivity contribution is 5.57. The van der Waals surface area contributed by atoms with Crippen LogP contribution in [0.15, 0.2) is 36.7 Å². The number of hydrogen-bond donors (Lipinski definition) is 0. The van der Waals surface area contributed by atoms with Crippen molar-refractivity contribution in [3.05, 3.63) is 42.2 Å². The largest absolute Gasteiger partial charge is 0.497 e. The molecule has 0 amide bonds. The molecule has 0 bridgehead atoms. The van der Waals surface area contributed by atoms with Gasteiger partial charge in [0, 0.05) is 18.0 Å². The fourth-order valence-corrected chi connectivity index (χ4v) is 1.30. The van der Waals surface area contributed by atoms with Crippen molar-refractivity contribution in [2.75, 3.05) is 7.11 Å². The van der Waals surface area contributed by atoms with Crippen molar-refractivity contribution in [2.45, 2.75) is 6.92 Å². The molecular weight excluding hydrogens is 188 g/mol. The molecule has 0 aliphatic rings. The molecule has 0 aliphatic carbocycles. The van der Waals surface area contributed by atoms with Crippen LogP contribution in [-0.2, 0) is 0 Å². The summed E-state index contributed by atoms with van der Waals surface area (Å²) in [5, 5.41) is 0. The van der Waals surface area contributed by atoms with E-state index in [1.54, 1.807) is 7.11 Å². The van der Waals surface area contributed by atoms with E-state index in [1.807, 2.05) is 43.6 Å². The van der Waals surface area contributed by atoms with E-state index in [1.165, 1.54) is 0 Å². The first-order valence-corrected chi connectivity index (χ1v) is 4.72. The highest BCUT2D eigenvalue weighted by atomic mass is 16.5. The predicted octanol–water partition coefficient (Wildman–Crippen LogP) is 2.46. The van der Waals surface area contributed by atoms with Crippen molar-refractivity contribution < 1.29 is 4.74 Å². The Morgan fingerprint density at radius 2 is 1.87 bits per heavy atom. The molecule has 1 heterocycles. The number of nitrogens with zero attached hydrogens (tertiary/aromatic N) is 2. The quantitative estimate of drug-likeness (QED) is 0.747. The van der Waals surface area contributed by atoms with Gasteiger partial charge < -0.3 is 4.74 Å². The monoisotopic (exact) mass is 200 g/mol. The Bertz CT molecular complexity index is 451. The number of ether oxygens (including phenoxy) is 1. The molecule has 15 heavy (non-hydrogen) atoms. The molecule has 0 N–H and O–H groups in total. The summed E-state index contributed by atoms with van der Waals surface area (Å²) in [7, 11) is 1.65. The zero-order valence-corrected chi connectivity index (χ0v) is 8.77. The average Bonchev–Trinajstić information content (AvgIpc) is 2.30. The van der Waals surface area contributed by atoms with E-state index in [9.17, 15) is 0 Å². The van der Waals surface area contributed by atoms with Gasteiger partial charge in [0.05, 0.1) is 7.11 Å². The van der Waals surface area contributed by atoms with Gasteiger partial charge in [-0.1, -0.05) is 12.1 Å². The second-order valence-corrected chi connectivity index (χ2v) is 3.32. The molecule has 0 saturated carbocycles.